The van der Waals surface area contributed by atoms with E-state index in [-0.39, 0.29) is 11.7 Å². The van der Waals surface area contributed by atoms with E-state index >= 15 is 0 Å². The van der Waals surface area contributed by atoms with Gasteiger partial charge in [0, 0.05) is 11.4 Å². The first kappa shape index (κ1) is 17.5. The Bertz CT molecular complexity index is 610. The molecule has 122 valence electrons. The van der Waals surface area contributed by atoms with Crippen LogP contribution in [0.15, 0.2) is 48.5 Å². The Balaban J connectivity index is 1.72. The summed E-state index contributed by atoms with van der Waals surface area (Å²) in [6.07, 6.45) is 3.45. The van der Waals surface area contributed by atoms with E-state index < -0.39 is 0 Å². The molecule has 2 aromatic rings. The van der Waals surface area contributed by atoms with E-state index in [0.717, 1.165) is 17.7 Å². The molecule has 2 rings (SSSR count). The third-order valence-corrected chi connectivity index (χ3v) is 4.48. The zero-order valence-corrected chi connectivity index (χ0v) is 14.2. The number of carbonyl (C=O) groups excluding carboxylic acids is 1. The third-order valence-electron chi connectivity index (χ3n) is 3.47. The van der Waals surface area contributed by atoms with Crippen molar-refractivity contribution in [1.29, 1.82) is 0 Å². The maximum absolute atomic E-state index is 12.8. The van der Waals surface area contributed by atoms with E-state index in [1.165, 1.54) is 42.3 Å². The number of aryl methyl sites for hydroxylation is 1. The van der Waals surface area contributed by atoms with E-state index in [4.69, 9.17) is 0 Å². The largest absolute Gasteiger partial charge is 0.325 e. The van der Waals surface area contributed by atoms with Gasteiger partial charge >= 0.3 is 0 Å². The minimum absolute atomic E-state index is 0.0154. The Hall–Kier alpha value is -1.81. The van der Waals surface area contributed by atoms with Crippen molar-refractivity contribution >= 4 is 23.4 Å². The van der Waals surface area contributed by atoms with Crippen molar-refractivity contribution in [2.24, 2.45) is 0 Å². The van der Waals surface area contributed by atoms with Gasteiger partial charge in [0.05, 0.1) is 5.75 Å². The maximum atomic E-state index is 12.8. The van der Waals surface area contributed by atoms with E-state index in [0.29, 0.717) is 11.5 Å². The molecule has 2 nitrogen and oxygen atoms in total. The van der Waals surface area contributed by atoms with Crippen LogP contribution in [0.4, 0.5) is 10.1 Å². The lowest BCUT2D eigenvalue weighted by Gasteiger charge is -2.07. The molecule has 0 saturated heterocycles. The summed E-state index contributed by atoms with van der Waals surface area (Å²) in [5.41, 5.74) is 3.15. The van der Waals surface area contributed by atoms with Crippen molar-refractivity contribution in [3.05, 3.63) is 65.5 Å². The summed E-state index contributed by atoms with van der Waals surface area (Å²) in [6.45, 7) is 2.18. The number of rotatable bonds is 8. The van der Waals surface area contributed by atoms with Crippen molar-refractivity contribution in [2.75, 3.05) is 11.1 Å². The molecule has 2 aromatic carbocycles. The van der Waals surface area contributed by atoms with E-state index in [1.807, 2.05) is 12.1 Å². The second-order valence-corrected chi connectivity index (χ2v) is 6.45. The molecule has 0 unspecified atom stereocenters. The highest BCUT2D eigenvalue weighted by atomic mass is 32.2. The maximum Gasteiger partial charge on any atom is 0.234 e. The summed E-state index contributed by atoms with van der Waals surface area (Å²) in [7, 11) is 0. The molecule has 23 heavy (non-hydrogen) atoms. The number of thioether (sulfide) groups is 1. The molecule has 0 aliphatic rings. The molecule has 1 amide bonds. The van der Waals surface area contributed by atoms with Crippen molar-refractivity contribution < 1.29 is 9.18 Å². The topological polar surface area (TPSA) is 29.1 Å². The smallest absolute Gasteiger partial charge is 0.234 e. The lowest BCUT2D eigenvalue weighted by Crippen LogP contribution is -2.14. The summed E-state index contributed by atoms with van der Waals surface area (Å²) in [5.74, 6) is 0.829. The normalized spacial score (nSPS) is 10.5. The van der Waals surface area contributed by atoms with Crippen molar-refractivity contribution in [3.63, 3.8) is 0 Å². The summed E-state index contributed by atoms with van der Waals surface area (Å²) in [5, 5.41) is 2.90. The standard InChI is InChI=1S/C19H22FNOS/c1-2-3-4-15-7-11-18(12-8-15)21-19(22)14-23-13-16-5-9-17(20)10-6-16/h5-12H,2-4,13-14H2,1H3,(H,21,22). The molecule has 1 N–H and O–H groups in total. The summed E-state index contributed by atoms with van der Waals surface area (Å²) in [6, 6.07) is 14.4. The number of hydrogen-bond acceptors (Lipinski definition) is 2. The number of nitrogens with one attached hydrogen (secondary N) is 1. The fourth-order valence-corrected chi connectivity index (χ4v) is 2.96. The second-order valence-electron chi connectivity index (χ2n) is 5.47. The van der Waals surface area contributed by atoms with Crippen LogP contribution >= 0.6 is 11.8 Å². The molecule has 0 heterocycles. The van der Waals surface area contributed by atoms with Gasteiger partial charge in [-0.2, -0.15) is 0 Å². The molecule has 0 fully saturated rings. The van der Waals surface area contributed by atoms with Gasteiger partial charge in [-0.05, 0) is 48.2 Å². The molecular weight excluding hydrogens is 309 g/mol. The summed E-state index contributed by atoms with van der Waals surface area (Å²) < 4.78 is 12.8. The molecule has 0 spiro atoms. The van der Waals surface area contributed by atoms with Crippen LogP contribution in [-0.2, 0) is 17.0 Å². The molecule has 0 aromatic heterocycles. The van der Waals surface area contributed by atoms with Gasteiger partial charge in [0.25, 0.3) is 0 Å². The first-order valence-electron chi connectivity index (χ1n) is 7.88. The van der Waals surface area contributed by atoms with Crippen LogP contribution in [0.1, 0.15) is 30.9 Å². The van der Waals surface area contributed by atoms with E-state index in [9.17, 15) is 9.18 Å². The highest BCUT2D eigenvalue weighted by molar-refractivity contribution is 7.99. The lowest BCUT2D eigenvalue weighted by atomic mass is 10.1. The number of benzene rings is 2. The number of amides is 1. The molecule has 0 bridgehead atoms. The van der Waals surface area contributed by atoms with Gasteiger partial charge in [0.2, 0.25) is 5.91 Å². The lowest BCUT2D eigenvalue weighted by molar-refractivity contribution is -0.113. The number of halogens is 1. The van der Waals surface area contributed by atoms with Gasteiger partial charge in [0.15, 0.2) is 0 Å². The Labute approximate surface area is 141 Å². The molecule has 0 atom stereocenters. The quantitative estimate of drug-likeness (QED) is 0.734. The minimum atomic E-state index is -0.237. The average Bonchev–Trinajstić information content (AvgIpc) is 2.56. The van der Waals surface area contributed by atoms with Crippen LogP contribution in [0.3, 0.4) is 0 Å². The predicted octanol–water partition coefficient (Wildman–Crippen LogP) is 5.04. The van der Waals surface area contributed by atoms with Gasteiger partial charge < -0.3 is 5.32 Å². The number of anilines is 1. The fourth-order valence-electron chi connectivity index (χ4n) is 2.17. The van der Waals surface area contributed by atoms with Crippen LogP contribution in [0.2, 0.25) is 0 Å². The van der Waals surface area contributed by atoms with Crippen LogP contribution in [0.25, 0.3) is 0 Å². The minimum Gasteiger partial charge on any atom is -0.325 e. The first-order valence-corrected chi connectivity index (χ1v) is 9.04. The summed E-state index contributed by atoms with van der Waals surface area (Å²) in [4.78, 5) is 11.9. The zero-order valence-electron chi connectivity index (χ0n) is 13.3. The number of unbranched alkanes of at least 4 members (excludes halogenated alkanes) is 1. The third kappa shape index (κ3) is 6.45. The molecule has 0 aliphatic carbocycles. The fraction of sp³-hybridized carbons (Fsp3) is 0.316. The Kier molecular flexibility index (Phi) is 7.14. The highest BCUT2D eigenvalue weighted by Gasteiger charge is 2.03. The summed E-state index contributed by atoms with van der Waals surface area (Å²) >= 11 is 1.52. The van der Waals surface area contributed by atoms with E-state index in [2.05, 4.69) is 24.4 Å². The molecular formula is C19H22FNOS. The second kappa shape index (κ2) is 9.36. The van der Waals surface area contributed by atoms with Crippen LogP contribution in [0, 0.1) is 5.82 Å². The Morgan fingerprint density at radius 3 is 2.35 bits per heavy atom. The first-order chi connectivity index (χ1) is 11.2. The van der Waals surface area contributed by atoms with Crippen LogP contribution in [0.5, 0.6) is 0 Å². The van der Waals surface area contributed by atoms with Crippen molar-refractivity contribution in [3.8, 4) is 0 Å². The molecule has 4 heteroatoms. The van der Waals surface area contributed by atoms with Gasteiger partial charge in [-0.25, -0.2) is 4.39 Å². The molecule has 0 aliphatic heterocycles. The van der Waals surface area contributed by atoms with Crippen LogP contribution in [-0.4, -0.2) is 11.7 Å². The Morgan fingerprint density at radius 1 is 1.04 bits per heavy atom. The zero-order chi connectivity index (χ0) is 16.5. The van der Waals surface area contributed by atoms with Crippen molar-refractivity contribution in [2.45, 2.75) is 31.9 Å². The highest BCUT2D eigenvalue weighted by Crippen LogP contribution is 2.15. The van der Waals surface area contributed by atoms with Crippen molar-refractivity contribution in [1.82, 2.24) is 0 Å². The SMILES string of the molecule is CCCCc1ccc(NC(=O)CSCc2ccc(F)cc2)cc1. The van der Waals surface area contributed by atoms with Gasteiger partial charge in [-0.1, -0.05) is 37.6 Å². The predicted molar refractivity (Wildman–Crippen MR) is 96.2 cm³/mol. The van der Waals surface area contributed by atoms with Gasteiger partial charge in [-0.15, -0.1) is 11.8 Å². The Morgan fingerprint density at radius 2 is 1.70 bits per heavy atom. The number of carbonyl (C=O) groups is 1. The molecule has 0 saturated carbocycles. The monoisotopic (exact) mass is 331 g/mol. The van der Waals surface area contributed by atoms with Gasteiger partial charge in [0.1, 0.15) is 5.82 Å². The average molecular weight is 331 g/mol. The van der Waals surface area contributed by atoms with Crippen LogP contribution < -0.4 is 5.32 Å². The molecule has 0 radical (unpaired) electrons. The van der Waals surface area contributed by atoms with E-state index in [1.54, 1.807) is 12.1 Å². The van der Waals surface area contributed by atoms with Gasteiger partial charge in [-0.3, -0.25) is 4.79 Å². The number of hydrogen-bond donors (Lipinski definition) is 1.